The summed E-state index contributed by atoms with van der Waals surface area (Å²) in [5.74, 6) is 0. The molecule has 96 valence electrons. The zero-order valence-electron chi connectivity index (χ0n) is 11.2. The molecule has 3 N–H and O–H groups in total. The molecule has 0 aliphatic rings. The highest BCUT2D eigenvalue weighted by molar-refractivity contribution is 5.92. The van der Waals surface area contributed by atoms with Crippen LogP contribution in [0.1, 0.15) is 24.6 Å². The predicted octanol–water partition coefficient (Wildman–Crippen LogP) is 2.87. The zero-order valence-corrected chi connectivity index (χ0v) is 11.2. The molecular formula is C15H21N3. The summed E-state index contributed by atoms with van der Waals surface area (Å²) in [4.78, 5) is 4.58. The van der Waals surface area contributed by atoms with E-state index < -0.39 is 0 Å². The van der Waals surface area contributed by atoms with Crippen LogP contribution in [0.2, 0.25) is 0 Å². The Morgan fingerprint density at radius 2 is 2.11 bits per heavy atom. The second kappa shape index (κ2) is 5.83. The van der Waals surface area contributed by atoms with E-state index in [4.69, 9.17) is 5.73 Å². The highest BCUT2D eigenvalue weighted by Crippen LogP contribution is 2.24. The summed E-state index contributed by atoms with van der Waals surface area (Å²) in [5, 5.41) is 4.67. The Hall–Kier alpha value is -1.61. The molecule has 0 saturated carbocycles. The van der Waals surface area contributed by atoms with Gasteiger partial charge < -0.3 is 11.1 Å². The number of hydrogen-bond donors (Lipinski definition) is 2. The predicted molar refractivity (Wildman–Crippen MR) is 78.0 cm³/mol. The lowest BCUT2D eigenvalue weighted by Gasteiger charge is -2.11. The maximum absolute atomic E-state index is 5.53. The summed E-state index contributed by atoms with van der Waals surface area (Å²) in [6.45, 7) is 5.83. The fraction of sp³-hybridized carbons (Fsp3) is 0.400. The summed E-state index contributed by atoms with van der Waals surface area (Å²) in [5.41, 5.74) is 10.1. The minimum Gasteiger partial charge on any atom is -0.384 e. The molecule has 0 aliphatic heterocycles. The lowest BCUT2D eigenvalue weighted by atomic mass is 10.1. The number of nitrogens with two attached hydrogens (primary N) is 1. The first-order valence-electron chi connectivity index (χ1n) is 6.59. The molecule has 2 rings (SSSR count). The average molecular weight is 243 g/mol. The van der Waals surface area contributed by atoms with Gasteiger partial charge in [-0.05, 0) is 50.1 Å². The second-order valence-electron chi connectivity index (χ2n) is 4.59. The first-order chi connectivity index (χ1) is 8.74. The third-order valence-corrected chi connectivity index (χ3v) is 3.11. The monoisotopic (exact) mass is 243 g/mol. The van der Waals surface area contributed by atoms with Crippen molar-refractivity contribution >= 4 is 16.6 Å². The quantitative estimate of drug-likeness (QED) is 0.794. The molecule has 0 unspecified atom stereocenters. The Labute approximate surface area is 108 Å². The molecule has 1 aromatic carbocycles. The molecular weight excluding hydrogens is 222 g/mol. The van der Waals surface area contributed by atoms with E-state index in [0.717, 1.165) is 37.1 Å². The van der Waals surface area contributed by atoms with Gasteiger partial charge >= 0.3 is 0 Å². The molecule has 0 radical (unpaired) electrons. The molecule has 0 fully saturated rings. The van der Waals surface area contributed by atoms with Crippen LogP contribution in [0.3, 0.4) is 0 Å². The lowest BCUT2D eigenvalue weighted by Crippen LogP contribution is -2.09. The van der Waals surface area contributed by atoms with E-state index in [2.05, 4.69) is 41.5 Å². The van der Waals surface area contributed by atoms with E-state index in [1.54, 1.807) is 0 Å². The van der Waals surface area contributed by atoms with Crippen molar-refractivity contribution in [1.82, 2.24) is 4.98 Å². The number of fused-ring (bicyclic) bond motifs is 1. The number of nitrogens with one attached hydrogen (secondary N) is 1. The van der Waals surface area contributed by atoms with E-state index in [0.29, 0.717) is 0 Å². The summed E-state index contributed by atoms with van der Waals surface area (Å²) in [6.07, 6.45) is 2.03. The van der Waals surface area contributed by atoms with Gasteiger partial charge in [0.15, 0.2) is 0 Å². The van der Waals surface area contributed by atoms with Crippen LogP contribution in [0.4, 0.5) is 5.69 Å². The molecule has 0 spiro atoms. The summed E-state index contributed by atoms with van der Waals surface area (Å²) in [7, 11) is 0. The first-order valence-corrected chi connectivity index (χ1v) is 6.59. The van der Waals surface area contributed by atoms with Gasteiger partial charge in [0.05, 0.1) is 5.52 Å². The Bertz CT molecular complexity index is 534. The Morgan fingerprint density at radius 3 is 2.83 bits per heavy atom. The van der Waals surface area contributed by atoms with Crippen molar-refractivity contribution in [1.29, 1.82) is 0 Å². The van der Waals surface area contributed by atoms with Gasteiger partial charge in [-0.15, -0.1) is 0 Å². The van der Waals surface area contributed by atoms with Crippen LogP contribution in [0, 0.1) is 6.92 Å². The van der Waals surface area contributed by atoms with Crippen molar-refractivity contribution in [2.24, 2.45) is 5.73 Å². The highest BCUT2D eigenvalue weighted by Gasteiger charge is 2.04. The topological polar surface area (TPSA) is 50.9 Å². The van der Waals surface area contributed by atoms with Crippen LogP contribution in [-0.2, 0) is 6.42 Å². The van der Waals surface area contributed by atoms with Gasteiger partial charge in [0.2, 0.25) is 0 Å². The third-order valence-electron chi connectivity index (χ3n) is 3.11. The van der Waals surface area contributed by atoms with E-state index in [1.807, 2.05) is 6.92 Å². The number of aromatic nitrogens is 1. The minimum absolute atomic E-state index is 0.717. The van der Waals surface area contributed by atoms with Gasteiger partial charge in [0.1, 0.15) is 0 Å². The molecule has 0 saturated heterocycles. The fourth-order valence-electron chi connectivity index (χ4n) is 2.10. The number of rotatable bonds is 5. The van der Waals surface area contributed by atoms with Crippen molar-refractivity contribution in [2.75, 3.05) is 18.4 Å². The summed E-state index contributed by atoms with van der Waals surface area (Å²) >= 11 is 0. The number of benzene rings is 1. The largest absolute Gasteiger partial charge is 0.384 e. The van der Waals surface area contributed by atoms with Crippen molar-refractivity contribution in [2.45, 2.75) is 26.7 Å². The van der Waals surface area contributed by atoms with Gasteiger partial charge in [0.25, 0.3) is 0 Å². The summed E-state index contributed by atoms with van der Waals surface area (Å²) in [6, 6.07) is 8.60. The van der Waals surface area contributed by atoms with Crippen molar-refractivity contribution in [3.05, 3.63) is 35.5 Å². The van der Waals surface area contributed by atoms with Gasteiger partial charge in [-0.3, -0.25) is 4.98 Å². The maximum atomic E-state index is 5.53. The zero-order chi connectivity index (χ0) is 13.0. The average Bonchev–Trinajstić information content (AvgIpc) is 2.38. The molecule has 0 bridgehead atoms. The first kappa shape index (κ1) is 12.8. The minimum atomic E-state index is 0.717. The van der Waals surface area contributed by atoms with E-state index >= 15 is 0 Å². The molecule has 0 aliphatic carbocycles. The van der Waals surface area contributed by atoms with Gasteiger partial charge in [-0.2, -0.15) is 0 Å². The van der Waals surface area contributed by atoms with E-state index in [9.17, 15) is 0 Å². The van der Waals surface area contributed by atoms with Crippen LogP contribution in [-0.4, -0.2) is 18.1 Å². The van der Waals surface area contributed by atoms with Crippen molar-refractivity contribution in [3.63, 3.8) is 0 Å². The number of nitrogens with zero attached hydrogens (tertiary/aromatic N) is 1. The second-order valence-corrected chi connectivity index (χ2v) is 4.59. The van der Waals surface area contributed by atoms with Gasteiger partial charge in [-0.1, -0.05) is 13.0 Å². The molecule has 0 atom stereocenters. The number of hydrogen-bond acceptors (Lipinski definition) is 3. The Kier molecular flexibility index (Phi) is 4.15. The number of aryl methyl sites for hydroxylation is 2. The van der Waals surface area contributed by atoms with E-state index in [1.165, 1.54) is 16.6 Å². The summed E-state index contributed by atoms with van der Waals surface area (Å²) < 4.78 is 0. The normalized spacial score (nSPS) is 10.8. The van der Waals surface area contributed by atoms with Gasteiger partial charge in [-0.25, -0.2) is 0 Å². The third kappa shape index (κ3) is 2.79. The van der Waals surface area contributed by atoms with Crippen LogP contribution < -0.4 is 11.1 Å². The number of anilines is 1. The molecule has 1 heterocycles. The molecule has 0 amide bonds. The smallest absolute Gasteiger partial charge is 0.0726 e. The van der Waals surface area contributed by atoms with Crippen molar-refractivity contribution in [3.8, 4) is 0 Å². The Balaban J connectivity index is 2.41. The van der Waals surface area contributed by atoms with Gasteiger partial charge in [0, 0.05) is 23.3 Å². The van der Waals surface area contributed by atoms with Crippen LogP contribution in [0.25, 0.3) is 10.9 Å². The molecule has 1 aromatic heterocycles. The van der Waals surface area contributed by atoms with Crippen LogP contribution in [0.15, 0.2) is 24.3 Å². The number of pyridine rings is 1. The molecule has 2 aromatic rings. The van der Waals surface area contributed by atoms with Crippen LogP contribution >= 0.6 is 0 Å². The molecule has 18 heavy (non-hydrogen) atoms. The fourth-order valence-corrected chi connectivity index (χ4v) is 2.10. The SMILES string of the molecule is CCc1ccc2nc(C)cc(NCCCN)c2c1. The maximum Gasteiger partial charge on any atom is 0.0726 e. The Morgan fingerprint density at radius 1 is 1.28 bits per heavy atom. The van der Waals surface area contributed by atoms with Crippen LogP contribution in [0.5, 0.6) is 0 Å². The van der Waals surface area contributed by atoms with E-state index in [-0.39, 0.29) is 0 Å². The standard InChI is InChI=1S/C15H21N3/c1-3-12-5-6-14-13(10-12)15(9-11(2)18-14)17-8-4-7-16/h5-6,9-10H,3-4,7-8,16H2,1-2H3,(H,17,18). The molecule has 3 heteroatoms. The lowest BCUT2D eigenvalue weighted by molar-refractivity contribution is 0.875. The van der Waals surface area contributed by atoms with Crippen molar-refractivity contribution < 1.29 is 0 Å². The molecule has 3 nitrogen and oxygen atoms in total. The highest BCUT2D eigenvalue weighted by atomic mass is 14.9.